The van der Waals surface area contributed by atoms with Gasteiger partial charge < -0.3 is 19.1 Å². The molecule has 1 aromatic heterocycles. The van der Waals surface area contributed by atoms with Crippen molar-refractivity contribution >= 4 is 45.0 Å². The molecule has 2 heterocycles. The molecule has 3 aromatic rings. The molecule has 0 saturated carbocycles. The second-order valence-corrected chi connectivity index (χ2v) is 10.4. The lowest BCUT2D eigenvalue weighted by Crippen LogP contribution is -2.40. The molecule has 0 amide bonds. The summed E-state index contributed by atoms with van der Waals surface area (Å²) in [4.78, 5) is 34.1. The Morgan fingerprint density at radius 3 is 2.57 bits per heavy atom. The van der Waals surface area contributed by atoms with E-state index in [2.05, 4.69) is 20.9 Å². The lowest BCUT2D eigenvalue weighted by molar-refractivity contribution is -0.139. The number of rotatable bonds is 7. The Labute approximate surface area is 227 Å². The molecule has 194 valence electrons. The van der Waals surface area contributed by atoms with E-state index in [0.717, 1.165) is 15.7 Å². The summed E-state index contributed by atoms with van der Waals surface area (Å²) in [6.07, 6.45) is 1.83. The number of carbonyl (C=O) groups is 1. The van der Waals surface area contributed by atoms with E-state index < -0.39 is 12.0 Å². The van der Waals surface area contributed by atoms with Crippen LogP contribution in [-0.4, -0.2) is 45.5 Å². The molecule has 2 aromatic carbocycles. The van der Waals surface area contributed by atoms with Crippen LogP contribution >= 0.6 is 27.3 Å². The first kappa shape index (κ1) is 26.7. The number of allylic oxidation sites excluding steroid dienone is 1. The molecular formula is C27H28BrN3O5S. The number of benzene rings is 2. The standard InChI is InChI=1S/C27H28BrN3O5S/c1-7-36-26(33)23-15(2)29-27-31(24(23)18-14-17(34-5)9-11-21(18)35-6)25(32)22(37-27)13-16-8-10-20(30(3)4)19(28)12-16/h8-14,24H,7H2,1-6H3. The quantitative estimate of drug-likeness (QED) is 0.394. The van der Waals surface area contributed by atoms with Crippen LogP contribution < -0.4 is 29.3 Å². The molecule has 1 unspecified atom stereocenters. The van der Waals surface area contributed by atoms with Crippen molar-refractivity contribution in [2.45, 2.75) is 19.9 Å². The van der Waals surface area contributed by atoms with Crippen LogP contribution in [0.4, 0.5) is 5.69 Å². The van der Waals surface area contributed by atoms with Gasteiger partial charge in [-0.3, -0.25) is 9.36 Å². The van der Waals surface area contributed by atoms with E-state index in [9.17, 15) is 9.59 Å². The van der Waals surface area contributed by atoms with E-state index in [1.54, 1.807) is 46.3 Å². The van der Waals surface area contributed by atoms with Crippen LogP contribution in [0.2, 0.25) is 0 Å². The zero-order valence-corrected chi connectivity index (χ0v) is 23.9. The van der Waals surface area contributed by atoms with Gasteiger partial charge in [0, 0.05) is 24.1 Å². The molecule has 1 aliphatic heterocycles. The van der Waals surface area contributed by atoms with E-state index in [-0.39, 0.29) is 17.7 Å². The highest BCUT2D eigenvalue weighted by Crippen LogP contribution is 2.37. The Balaban J connectivity index is 1.98. The van der Waals surface area contributed by atoms with Gasteiger partial charge in [0.15, 0.2) is 4.80 Å². The highest BCUT2D eigenvalue weighted by atomic mass is 79.9. The van der Waals surface area contributed by atoms with Crippen LogP contribution in [0.15, 0.2) is 61.9 Å². The summed E-state index contributed by atoms with van der Waals surface area (Å²) in [6.45, 7) is 3.68. The van der Waals surface area contributed by atoms with Gasteiger partial charge in [0.25, 0.3) is 5.56 Å². The number of nitrogens with zero attached hydrogens (tertiary/aromatic N) is 3. The number of thiazole rings is 1. The molecule has 0 bridgehead atoms. The van der Waals surface area contributed by atoms with Crippen molar-refractivity contribution in [3.05, 3.63) is 83.0 Å². The number of carbonyl (C=O) groups excluding carboxylic acids is 1. The number of anilines is 1. The fourth-order valence-electron chi connectivity index (χ4n) is 4.27. The van der Waals surface area contributed by atoms with Crippen LogP contribution in [0.5, 0.6) is 11.5 Å². The highest BCUT2D eigenvalue weighted by Gasteiger charge is 2.35. The molecule has 10 heteroatoms. The fourth-order valence-corrected chi connectivity index (χ4v) is 6.06. The number of esters is 1. The van der Waals surface area contributed by atoms with Crippen molar-refractivity contribution in [3.63, 3.8) is 0 Å². The van der Waals surface area contributed by atoms with Gasteiger partial charge in [0.2, 0.25) is 0 Å². The maximum Gasteiger partial charge on any atom is 0.338 e. The molecule has 0 aliphatic carbocycles. The number of aromatic nitrogens is 1. The molecule has 0 fully saturated rings. The van der Waals surface area contributed by atoms with Crippen LogP contribution in [-0.2, 0) is 9.53 Å². The Kier molecular flexibility index (Phi) is 7.89. The number of ether oxygens (including phenoxy) is 3. The summed E-state index contributed by atoms with van der Waals surface area (Å²) in [6, 6.07) is 10.4. The third kappa shape index (κ3) is 5.08. The lowest BCUT2D eigenvalue weighted by Gasteiger charge is -2.26. The fraction of sp³-hybridized carbons (Fsp3) is 0.296. The van der Waals surface area contributed by atoms with E-state index in [4.69, 9.17) is 14.2 Å². The zero-order valence-electron chi connectivity index (χ0n) is 21.5. The summed E-state index contributed by atoms with van der Waals surface area (Å²) in [5, 5.41) is 0. The van der Waals surface area contributed by atoms with Crippen LogP contribution in [0.25, 0.3) is 6.08 Å². The molecule has 8 nitrogen and oxygen atoms in total. The van der Waals surface area contributed by atoms with Crippen molar-refractivity contribution in [2.24, 2.45) is 4.99 Å². The number of fused-ring (bicyclic) bond motifs is 1. The molecular weight excluding hydrogens is 558 g/mol. The molecule has 37 heavy (non-hydrogen) atoms. The van der Waals surface area contributed by atoms with E-state index in [0.29, 0.717) is 32.1 Å². The minimum Gasteiger partial charge on any atom is -0.497 e. The minimum absolute atomic E-state index is 0.194. The highest BCUT2D eigenvalue weighted by molar-refractivity contribution is 9.10. The average molecular weight is 587 g/mol. The van der Waals surface area contributed by atoms with Crippen molar-refractivity contribution in [1.82, 2.24) is 4.57 Å². The summed E-state index contributed by atoms with van der Waals surface area (Å²) < 4.78 is 19.4. The number of hydrogen-bond donors (Lipinski definition) is 0. The van der Waals surface area contributed by atoms with Gasteiger partial charge >= 0.3 is 5.97 Å². The third-order valence-electron chi connectivity index (χ3n) is 6.00. The Morgan fingerprint density at radius 2 is 1.95 bits per heavy atom. The first-order valence-corrected chi connectivity index (χ1v) is 13.2. The third-order valence-corrected chi connectivity index (χ3v) is 7.62. The molecule has 0 radical (unpaired) electrons. The zero-order chi connectivity index (χ0) is 26.9. The number of methoxy groups -OCH3 is 2. The Bertz CT molecular complexity index is 1570. The largest absolute Gasteiger partial charge is 0.497 e. The first-order chi connectivity index (χ1) is 17.7. The molecule has 4 rings (SSSR count). The van der Waals surface area contributed by atoms with Crippen LogP contribution in [0.3, 0.4) is 0 Å². The van der Waals surface area contributed by atoms with E-state index in [1.165, 1.54) is 15.9 Å². The van der Waals surface area contributed by atoms with Gasteiger partial charge in [-0.15, -0.1) is 0 Å². The van der Waals surface area contributed by atoms with E-state index >= 15 is 0 Å². The maximum absolute atomic E-state index is 13.9. The van der Waals surface area contributed by atoms with Gasteiger partial charge in [-0.2, -0.15) is 0 Å². The second-order valence-electron chi connectivity index (χ2n) is 8.52. The van der Waals surface area contributed by atoms with Gasteiger partial charge in [-0.25, -0.2) is 9.79 Å². The van der Waals surface area contributed by atoms with Crippen LogP contribution in [0, 0.1) is 0 Å². The second kappa shape index (κ2) is 10.9. The molecule has 0 N–H and O–H groups in total. The lowest BCUT2D eigenvalue weighted by atomic mass is 9.94. The summed E-state index contributed by atoms with van der Waals surface area (Å²) in [5.41, 5.74) is 2.99. The smallest absolute Gasteiger partial charge is 0.338 e. The van der Waals surface area contributed by atoms with Crippen molar-refractivity contribution < 1.29 is 19.0 Å². The number of halogens is 1. The molecule has 0 spiro atoms. The van der Waals surface area contributed by atoms with Gasteiger partial charge in [-0.05, 0) is 71.7 Å². The average Bonchev–Trinajstić information content (AvgIpc) is 3.16. The predicted molar refractivity (Wildman–Crippen MR) is 148 cm³/mol. The summed E-state index contributed by atoms with van der Waals surface area (Å²) >= 11 is 4.88. The van der Waals surface area contributed by atoms with Crippen molar-refractivity contribution in [3.8, 4) is 11.5 Å². The first-order valence-electron chi connectivity index (χ1n) is 11.6. The van der Waals surface area contributed by atoms with Crippen molar-refractivity contribution in [1.29, 1.82) is 0 Å². The molecule has 1 atom stereocenters. The van der Waals surface area contributed by atoms with Gasteiger partial charge in [0.05, 0.1) is 42.3 Å². The Hall–Kier alpha value is -3.37. The maximum atomic E-state index is 13.9. The predicted octanol–water partition coefficient (Wildman–Crippen LogP) is 3.64. The SMILES string of the molecule is CCOC(=O)C1=C(C)N=c2sc(=Cc3ccc(N(C)C)c(Br)c3)c(=O)n2C1c1cc(OC)ccc1OC. The molecule has 1 aliphatic rings. The monoisotopic (exact) mass is 585 g/mol. The summed E-state index contributed by atoms with van der Waals surface area (Å²) in [7, 11) is 7.04. The summed E-state index contributed by atoms with van der Waals surface area (Å²) in [5.74, 6) is 0.554. The topological polar surface area (TPSA) is 82.4 Å². The van der Waals surface area contributed by atoms with Crippen molar-refractivity contribution in [2.75, 3.05) is 39.8 Å². The normalized spacial score (nSPS) is 15.2. The van der Waals surface area contributed by atoms with Gasteiger partial charge in [0.1, 0.15) is 17.5 Å². The van der Waals surface area contributed by atoms with Gasteiger partial charge in [-0.1, -0.05) is 17.4 Å². The number of hydrogen-bond acceptors (Lipinski definition) is 8. The minimum atomic E-state index is -0.801. The molecule has 0 saturated heterocycles. The Morgan fingerprint density at radius 1 is 1.19 bits per heavy atom. The van der Waals surface area contributed by atoms with Crippen LogP contribution in [0.1, 0.15) is 31.0 Å². The van der Waals surface area contributed by atoms with E-state index in [1.807, 2.05) is 43.3 Å².